The van der Waals surface area contributed by atoms with E-state index in [4.69, 9.17) is 5.41 Å². The van der Waals surface area contributed by atoms with Crippen LogP contribution in [0.4, 0.5) is 0 Å². The van der Waals surface area contributed by atoms with Crippen LogP contribution in [0.15, 0.2) is 12.8 Å². The Bertz CT molecular complexity index is 107. The number of hydrogen-bond acceptors (Lipinski definition) is 5. The van der Waals surface area contributed by atoms with Crippen LogP contribution in [0.2, 0.25) is 0 Å². The van der Waals surface area contributed by atoms with Gasteiger partial charge in [-0.1, -0.05) is 6.58 Å². The molecule has 0 saturated heterocycles. The highest BCUT2D eigenvalue weighted by molar-refractivity contribution is 5.40. The van der Waals surface area contributed by atoms with E-state index in [1.165, 1.54) is 6.20 Å². The Balaban J connectivity index is 3.38. The predicted molar refractivity (Wildman–Crippen MR) is 36.7 cm³/mol. The van der Waals surface area contributed by atoms with Gasteiger partial charge in [0.25, 0.3) is 0 Å². The molecular weight excluding hydrogens is 134 g/mol. The average molecular weight is 145 g/mol. The number of nitrogens with one attached hydrogen (secondary N) is 2. The van der Waals surface area contributed by atoms with Crippen LogP contribution in [-0.4, -0.2) is 18.2 Å². The van der Waals surface area contributed by atoms with E-state index in [0.29, 0.717) is 6.54 Å². The summed E-state index contributed by atoms with van der Waals surface area (Å²) in [5.41, 5.74) is 2.35. The quantitative estimate of drug-likeness (QED) is 0.323. The van der Waals surface area contributed by atoms with Crippen molar-refractivity contribution < 1.29 is 9.78 Å². The Hall–Kier alpha value is -1.07. The molecule has 0 heterocycles. The first-order valence-electron chi connectivity index (χ1n) is 2.81. The first-order valence-corrected chi connectivity index (χ1v) is 2.81. The third-order valence-electron chi connectivity index (χ3n) is 0.666. The molecule has 0 aliphatic heterocycles. The summed E-state index contributed by atoms with van der Waals surface area (Å²) in [5.74, 6) is 0. The zero-order valence-corrected chi connectivity index (χ0v) is 5.83. The van der Waals surface area contributed by atoms with Gasteiger partial charge < -0.3 is 4.84 Å². The first-order chi connectivity index (χ1) is 4.85. The molecule has 0 atom stereocenters. The van der Waals surface area contributed by atoms with Crippen molar-refractivity contribution in [3.8, 4) is 0 Å². The maximum atomic E-state index is 6.55. The van der Waals surface area contributed by atoms with Crippen LogP contribution in [0.5, 0.6) is 0 Å². The number of rotatable bonds is 6. The number of hydrogen-bond donors (Lipinski definition) is 2. The van der Waals surface area contributed by atoms with Crippen LogP contribution < -0.4 is 5.48 Å². The van der Waals surface area contributed by atoms with E-state index >= 15 is 0 Å². The van der Waals surface area contributed by atoms with Crippen molar-refractivity contribution in [1.82, 2.24) is 10.7 Å². The molecule has 0 fully saturated rings. The molecule has 0 unspecified atom stereocenters. The second kappa shape index (κ2) is 6.06. The summed E-state index contributed by atoms with van der Waals surface area (Å²) in [5, 5.41) is 7.64. The van der Waals surface area contributed by atoms with Gasteiger partial charge in [0.2, 0.25) is 0 Å². The van der Waals surface area contributed by atoms with Crippen LogP contribution in [-0.2, 0) is 9.78 Å². The fourth-order valence-corrected chi connectivity index (χ4v) is 0.315. The zero-order chi connectivity index (χ0) is 7.82. The molecule has 0 rings (SSSR count). The molecule has 5 nitrogen and oxygen atoms in total. The average Bonchev–Trinajstić information content (AvgIpc) is 1.98. The largest absolute Gasteiger partial charge is 0.367 e. The highest BCUT2D eigenvalue weighted by atomic mass is 17.0. The highest BCUT2D eigenvalue weighted by Gasteiger charge is 1.97. The topological polar surface area (TPSA) is 57.6 Å². The normalized spacial score (nSPS) is 9.00. The molecule has 0 aromatic carbocycles. The summed E-state index contributed by atoms with van der Waals surface area (Å²) in [7, 11) is 0. The van der Waals surface area contributed by atoms with Crippen LogP contribution in [0.25, 0.3) is 0 Å². The lowest BCUT2D eigenvalue weighted by Gasteiger charge is -2.14. The van der Waals surface area contributed by atoms with Crippen LogP contribution in [0.3, 0.4) is 0 Å². The van der Waals surface area contributed by atoms with E-state index < -0.39 is 0 Å². The molecule has 0 aromatic rings. The summed E-state index contributed by atoms with van der Waals surface area (Å²) in [4.78, 5) is 9.21. The van der Waals surface area contributed by atoms with E-state index in [2.05, 4.69) is 21.8 Å². The van der Waals surface area contributed by atoms with E-state index in [9.17, 15) is 0 Å². The molecule has 0 amide bonds. The fourth-order valence-electron chi connectivity index (χ4n) is 0.315. The SMILES string of the molecule is C=CNON(CC)OC=N. The second-order valence-electron chi connectivity index (χ2n) is 1.29. The summed E-state index contributed by atoms with van der Waals surface area (Å²) in [6, 6.07) is 0. The number of hydroxylamine groups is 3. The molecule has 5 heteroatoms. The van der Waals surface area contributed by atoms with E-state index in [1.807, 2.05) is 6.92 Å². The molecule has 10 heavy (non-hydrogen) atoms. The van der Waals surface area contributed by atoms with Gasteiger partial charge >= 0.3 is 0 Å². The fraction of sp³-hybridized carbons (Fsp3) is 0.400. The molecule has 0 aliphatic rings. The molecular formula is C5H11N3O2. The minimum absolute atomic E-state index is 0.510. The second-order valence-corrected chi connectivity index (χ2v) is 1.29. The molecule has 0 saturated carbocycles. The van der Waals surface area contributed by atoms with Crippen molar-refractivity contribution in [2.45, 2.75) is 6.92 Å². The van der Waals surface area contributed by atoms with Gasteiger partial charge in [-0.3, -0.25) is 10.9 Å². The van der Waals surface area contributed by atoms with Crippen LogP contribution >= 0.6 is 0 Å². The Morgan fingerprint density at radius 2 is 2.50 bits per heavy atom. The van der Waals surface area contributed by atoms with Gasteiger partial charge in [0.1, 0.15) is 0 Å². The molecule has 0 bridgehead atoms. The third-order valence-corrected chi connectivity index (χ3v) is 0.666. The molecule has 58 valence electrons. The van der Waals surface area contributed by atoms with Gasteiger partial charge in [0.05, 0.1) is 6.54 Å². The van der Waals surface area contributed by atoms with Crippen molar-refractivity contribution in [2.24, 2.45) is 0 Å². The Morgan fingerprint density at radius 3 is 2.90 bits per heavy atom. The minimum Gasteiger partial charge on any atom is -0.367 e. The molecule has 0 aliphatic carbocycles. The van der Waals surface area contributed by atoms with Crippen molar-refractivity contribution in [1.29, 1.82) is 5.41 Å². The minimum atomic E-state index is 0.510. The van der Waals surface area contributed by atoms with Crippen molar-refractivity contribution in [3.05, 3.63) is 12.8 Å². The first kappa shape index (κ1) is 8.93. The summed E-state index contributed by atoms with van der Waals surface area (Å²) in [6.07, 6.45) is 2.13. The third kappa shape index (κ3) is 3.88. The summed E-state index contributed by atoms with van der Waals surface area (Å²) < 4.78 is 0. The van der Waals surface area contributed by atoms with E-state index in [1.54, 1.807) is 0 Å². The van der Waals surface area contributed by atoms with Gasteiger partial charge in [-0.25, -0.2) is 0 Å². The molecule has 2 N–H and O–H groups in total. The molecule has 0 aromatic heterocycles. The standard InChI is InChI=1S/C5H11N3O2/c1-3-7-10-8(4-2)9-5-6/h3,5-7H,1,4H2,2H3. The predicted octanol–water partition coefficient (Wildman–Crippen LogP) is 0.427. The van der Waals surface area contributed by atoms with Gasteiger partial charge in [-0.05, 0) is 6.92 Å². The van der Waals surface area contributed by atoms with E-state index in [0.717, 1.165) is 11.6 Å². The van der Waals surface area contributed by atoms with Gasteiger partial charge in [0.15, 0.2) is 6.40 Å². The van der Waals surface area contributed by atoms with Crippen molar-refractivity contribution in [3.63, 3.8) is 0 Å². The monoisotopic (exact) mass is 145 g/mol. The summed E-state index contributed by atoms with van der Waals surface area (Å²) >= 11 is 0. The van der Waals surface area contributed by atoms with Crippen LogP contribution in [0, 0.1) is 5.41 Å². The van der Waals surface area contributed by atoms with Gasteiger partial charge in [-0.15, -0.1) is 4.94 Å². The van der Waals surface area contributed by atoms with Gasteiger partial charge in [-0.2, -0.15) is 0 Å². The Morgan fingerprint density at radius 1 is 1.80 bits per heavy atom. The highest BCUT2D eigenvalue weighted by Crippen LogP contribution is 1.84. The molecule has 0 spiro atoms. The van der Waals surface area contributed by atoms with Crippen molar-refractivity contribution in [2.75, 3.05) is 6.54 Å². The lowest BCUT2D eigenvalue weighted by molar-refractivity contribution is -0.346. The van der Waals surface area contributed by atoms with Crippen LogP contribution in [0.1, 0.15) is 6.92 Å². The maximum absolute atomic E-state index is 6.55. The zero-order valence-electron chi connectivity index (χ0n) is 5.83. The van der Waals surface area contributed by atoms with Gasteiger partial charge in [0, 0.05) is 11.4 Å². The lowest BCUT2D eigenvalue weighted by Crippen LogP contribution is -2.28. The lowest BCUT2D eigenvalue weighted by atomic mass is 10.8. The Labute approximate surface area is 59.6 Å². The maximum Gasteiger partial charge on any atom is 0.197 e. The molecule has 0 radical (unpaired) electrons. The Kier molecular flexibility index (Phi) is 5.41. The van der Waals surface area contributed by atoms with Crippen molar-refractivity contribution >= 4 is 6.40 Å². The summed E-state index contributed by atoms with van der Waals surface area (Å²) in [6.45, 7) is 5.68. The smallest absolute Gasteiger partial charge is 0.197 e. The van der Waals surface area contributed by atoms with E-state index in [-0.39, 0.29) is 0 Å². The number of nitrogens with zero attached hydrogens (tertiary/aromatic N) is 1.